The van der Waals surface area contributed by atoms with Gasteiger partial charge < -0.3 is 9.47 Å². The zero-order valence-electron chi connectivity index (χ0n) is 17.1. The van der Waals surface area contributed by atoms with E-state index in [1.54, 1.807) is 6.92 Å². The summed E-state index contributed by atoms with van der Waals surface area (Å²) in [4.78, 5) is 23.2. The molecular weight excluding hydrogens is 444 g/mol. The zero-order valence-corrected chi connectivity index (χ0v) is 17.1. The summed E-state index contributed by atoms with van der Waals surface area (Å²) < 4.78 is 111. The van der Waals surface area contributed by atoms with Crippen LogP contribution in [-0.2, 0) is 19.1 Å². The lowest BCUT2D eigenvalue weighted by Crippen LogP contribution is -2.59. The topological polar surface area (TPSA) is 52.6 Å². The van der Waals surface area contributed by atoms with Crippen LogP contribution in [0.25, 0.3) is 0 Å². The summed E-state index contributed by atoms with van der Waals surface area (Å²) in [6.45, 7) is 3.01. The van der Waals surface area contributed by atoms with Gasteiger partial charge in [0, 0.05) is 19.3 Å². The van der Waals surface area contributed by atoms with Crippen LogP contribution >= 0.6 is 0 Å². The zero-order chi connectivity index (χ0) is 24.5. The Morgan fingerprint density at radius 2 is 1.52 bits per heavy atom. The lowest BCUT2D eigenvalue weighted by Gasteiger charge is -2.31. The van der Waals surface area contributed by atoms with Crippen LogP contribution in [0.15, 0.2) is 0 Å². The molecule has 4 nitrogen and oxygen atoms in total. The summed E-state index contributed by atoms with van der Waals surface area (Å²) in [6.07, 6.45) is -6.08. The fourth-order valence-electron chi connectivity index (χ4n) is 2.09. The third-order valence-corrected chi connectivity index (χ3v) is 3.73. The minimum atomic E-state index is -6.46. The Bertz CT molecular complexity index is 653. The Morgan fingerprint density at radius 1 is 0.968 bits per heavy atom. The molecule has 0 aliphatic heterocycles. The number of carbonyl (C=O) groups excluding carboxylic acids is 2. The summed E-state index contributed by atoms with van der Waals surface area (Å²) in [5, 5.41) is 0. The highest BCUT2D eigenvalue weighted by atomic mass is 19.4. The molecule has 0 N–H and O–H groups in total. The predicted octanol–water partition coefficient (Wildman–Crippen LogP) is 5.24. The van der Waals surface area contributed by atoms with Gasteiger partial charge in [-0.2, -0.15) is 26.3 Å². The third kappa shape index (κ3) is 8.91. The average molecular weight is 468 g/mol. The van der Waals surface area contributed by atoms with E-state index >= 15 is 0 Å². The van der Waals surface area contributed by atoms with E-state index in [0.29, 0.717) is 12.8 Å². The molecule has 1 atom stereocenters. The van der Waals surface area contributed by atoms with Gasteiger partial charge in [0.25, 0.3) is 0 Å². The highest BCUT2D eigenvalue weighted by Gasteiger charge is 2.75. The first-order chi connectivity index (χ1) is 14.1. The van der Waals surface area contributed by atoms with Crippen LogP contribution in [0.1, 0.15) is 52.9 Å². The van der Waals surface area contributed by atoms with E-state index in [2.05, 4.69) is 16.6 Å². The van der Waals surface area contributed by atoms with E-state index in [1.165, 1.54) is 0 Å². The second-order valence-electron chi connectivity index (χ2n) is 7.00. The number of rotatable bonds is 12. The standard InChI is InChI=1S/C19H24F8O4/c1-4-5-7-13(10-12(2)3)31-15(29)9-6-8-14(28)30-11-17(22,23)19(26,27)18(24,25)16(20)21/h12-13,16H,4,6,8-11H2,1-3H3. The van der Waals surface area contributed by atoms with Crippen molar-refractivity contribution in [1.82, 2.24) is 0 Å². The summed E-state index contributed by atoms with van der Waals surface area (Å²) in [7, 11) is 0. The molecule has 0 heterocycles. The van der Waals surface area contributed by atoms with Crippen molar-refractivity contribution in [2.75, 3.05) is 6.61 Å². The van der Waals surface area contributed by atoms with Gasteiger partial charge in [-0.25, -0.2) is 8.78 Å². The van der Waals surface area contributed by atoms with Crippen LogP contribution in [0, 0.1) is 17.8 Å². The number of esters is 2. The van der Waals surface area contributed by atoms with Crippen LogP contribution in [0.5, 0.6) is 0 Å². The maximum atomic E-state index is 13.3. The molecule has 0 saturated heterocycles. The molecule has 180 valence electrons. The average Bonchev–Trinajstić information content (AvgIpc) is 2.63. The Balaban J connectivity index is 4.62. The van der Waals surface area contributed by atoms with Gasteiger partial charge in [-0.3, -0.25) is 9.59 Å². The van der Waals surface area contributed by atoms with Crippen molar-refractivity contribution in [1.29, 1.82) is 0 Å². The molecule has 0 aliphatic rings. The molecule has 0 aliphatic carbocycles. The van der Waals surface area contributed by atoms with Crippen LogP contribution < -0.4 is 0 Å². The molecular formula is C19H24F8O4. The van der Waals surface area contributed by atoms with Gasteiger partial charge in [0.2, 0.25) is 0 Å². The molecule has 12 heteroatoms. The fourth-order valence-corrected chi connectivity index (χ4v) is 2.09. The van der Waals surface area contributed by atoms with Crippen molar-refractivity contribution in [3.8, 4) is 11.8 Å². The molecule has 0 spiro atoms. The van der Waals surface area contributed by atoms with E-state index in [9.17, 15) is 44.7 Å². The van der Waals surface area contributed by atoms with Crippen molar-refractivity contribution in [3.63, 3.8) is 0 Å². The Kier molecular flexibility index (Phi) is 11.3. The molecule has 0 aromatic rings. The Hall–Kier alpha value is -2.06. The summed E-state index contributed by atoms with van der Waals surface area (Å²) >= 11 is 0. The van der Waals surface area contributed by atoms with Gasteiger partial charge in [0.05, 0.1) is 0 Å². The minimum Gasteiger partial charge on any atom is -0.459 e. The molecule has 31 heavy (non-hydrogen) atoms. The Labute approximate surface area is 174 Å². The van der Waals surface area contributed by atoms with Gasteiger partial charge in [0.15, 0.2) is 12.7 Å². The summed E-state index contributed by atoms with van der Waals surface area (Å²) in [5.74, 6) is -15.1. The number of halogens is 8. The predicted molar refractivity (Wildman–Crippen MR) is 93.1 cm³/mol. The smallest absolute Gasteiger partial charge is 0.381 e. The Morgan fingerprint density at radius 3 is 2.00 bits per heavy atom. The molecule has 0 rings (SSSR count). The largest absolute Gasteiger partial charge is 0.459 e. The van der Waals surface area contributed by atoms with Crippen LogP contribution in [0.3, 0.4) is 0 Å². The van der Waals surface area contributed by atoms with Gasteiger partial charge in [-0.15, -0.1) is 0 Å². The second kappa shape index (κ2) is 12.1. The number of ether oxygens (including phenoxy) is 2. The van der Waals surface area contributed by atoms with E-state index in [0.717, 1.165) is 0 Å². The first-order valence-electron chi connectivity index (χ1n) is 9.33. The lowest BCUT2D eigenvalue weighted by molar-refractivity contribution is -0.344. The molecule has 0 saturated carbocycles. The number of hydrogen-bond donors (Lipinski definition) is 0. The maximum absolute atomic E-state index is 13.3. The van der Waals surface area contributed by atoms with Crippen LogP contribution in [-0.4, -0.2) is 48.8 Å². The number of carbonyl (C=O) groups is 2. The maximum Gasteiger partial charge on any atom is 0.381 e. The summed E-state index contributed by atoms with van der Waals surface area (Å²) in [6, 6.07) is 0. The first kappa shape index (κ1) is 28.9. The van der Waals surface area contributed by atoms with Gasteiger partial charge >= 0.3 is 36.1 Å². The van der Waals surface area contributed by atoms with Crippen LogP contribution in [0.4, 0.5) is 35.1 Å². The van der Waals surface area contributed by atoms with Gasteiger partial charge in [0.1, 0.15) is 0 Å². The van der Waals surface area contributed by atoms with Crippen molar-refractivity contribution in [2.45, 2.75) is 83.2 Å². The van der Waals surface area contributed by atoms with E-state index in [-0.39, 0.29) is 18.8 Å². The minimum absolute atomic E-state index is 0.163. The third-order valence-electron chi connectivity index (χ3n) is 3.73. The van der Waals surface area contributed by atoms with E-state index < -0.39 is 55.3 Å². The van der Waals surface area contributed by atoms with Crippen molar-refractivity contribution in [3.05, 3.63) is 0 Å². The van der Waals surface area contributed by atoms with Crippen molar-refractivity contribution < 1.29 is 54.2 Å². The van der Waals surface area contributed by atoms with E-state index in [4.69, 9.17) is 4.74 Å². The first-order valence-corrected chi connectivity index (χ1v) is 9.33. The monoisotopic (exact) mass is 468 g/mol. The summed E-state index contributed by atoms with van der Waals surface area (Å²) in [5.41, 5.74) is 0. The normalized spacial score (nSPS) is 13.6. The molecule has 0 bridgehead atoms. The molecule has 0 aromatic heterocycles. The molecule has 0 amide bonds. The molecule has 0 radical (unpaired) electrons. The lowest BCUT2D eigenvalue weighted by atomic mass is 10.1. The van der Waals surface area contributed by atoms with E-state index in [1.807, 2.05) is 13.8 Å². The highest BCUT2D eigenvalue weighted by molar-refractivity contribution is 5.72. The quantitative estimate of drug-likeness (QED) is 0.223. The SMILES string of the molecule is CCC#CC(CC(C)C)OC(=O)CCCC(=O)OCC(F)(F)C(F)(F)C(F)(F)C(F)F. The number of alkyl halides is 8. The molecule has 0 fully saturated rings. The highest BCUT2D eigenvalue weighted by Crippen LogP contribution is 2.48. The van der Waals surface area contributed by atoms with Crippen molar-refractivity contribution in [2.24, 2.45) is 5.92 Å². The second-order valence-corrected chi connectivity index (χ2v) is 7.00. The van der Waals surface area contributed by atoms with Gasteiger partial charge in [-0.05, 0) is 18.8 Å². The molecule has 1 unspecified atom stereocenters. The number of hydrogen-bond acceptors (Lipinski definition) is 4. The van der Waals surface area contributed by atoms with Crippen molar-refractivity contribution >= 4 is 11.9 Å². The van der Waals surface area contributed by atoms with Crippen LogP contribution in [0.2, 0.25) is 0 Å². The molecule has 0 aromatic carbocycles. The van der Waals surface area contributed by atoms with Gasteiger partial charge in [-0.1, -0.05) is 32.6 Å². The fraction of sp³-hybridized carbons (Fsp3) is 0.789.